The minimum Gasteiger partial charge on any atom is -0.462 e. The number of carbonyl (C=O) groups is 1. The number of benzene rings is 1. The van der Waals surface area contributed by atoms with Crippen molar-refractivity contribution in [1.29, 1.82) is 0 Å². The van der Waals surface area contributed by atoms with Gasteiger partial charge in [0, 0.05) is 5.56 Å². The van der Waals surface area contributed by atoms with Gasteiger partial charge in [0.25, 0.3) is 0 Å². The third-order valence-corrected chi connectivity index (χ3v) is 2.45. The maximum absolute atomic E-state index is 12.8. The van der Waals surface area contributed by atoms with Gasteiger partial charge in [-0.1, -0.05) is 5.16 Å². The highest BCUT2D eigenvalue weighted by Gasteiger charge is 2.22. The molecule has 0 N–H and O–H groups in total. The normalized spacial score (nSPS) is 10.4. The summed E-state index contributed by atoms with van der Waals surface area (Å²) in [6.45, 7) is 3.65. The molecule has 94 valence electrons. The number of aromatic nitrogens is 1. The van der Waals surface area contributed by atoms with E-state index >= 15 is 0 Å². The van der Waals surface area contributed by atoms with E-state index in [1.54, 1.807) is 13.8 Å². The smallest absolute Gasteiger partial charge is 0.344 e. The number of esters is 1. The van der Waals surface area contributed by atoms with Crippen molar-refractivity contribution in [2.45, 2.75) is 13.8 Å². The molecule has 18 heavy (non-hydrogen) atoms. The zero-order valence-corrected chi connectivity index (χ0v) is 10.1. The Morgan fingerprint density at radius 3 is 2.67 bits per heavy atom. The maximum atomic E-state index is 12.8. The maximum Gasteiger partial charge on any atom is 0.344 e. The Morgan fingerprint density at radius 1 is 1.39 bits per heavy atom. The summed E-state index contributed by atoms with van der Waals surface area (Å²) in [6, 6.07) is 5.64. The zero-order valence-electron chi connectivity index (χ0n) is 10.1. The van der Waals surface area contributed by atoms with Crippen LogP contribution in [0, 0.1) is 12.7 Å². The van der Waals surface area contributed by atoms with Crippen LogP contribution in [0.1, 0.15) is 23.0 Å². The van der Waals surface area contributed by atoms with E-state index in [2.05, 4.69) is 5.16 Å². The van der Waals surface area contributed by atoms with Crippen LogP contribution in [0.15, 0.2) is 28.8 Å². The van der Waals surface area contributed by atoms with Gasteiger partial charge in [0.2, 0.25) is 0 Å². The van der Waals surface area contributed by atoms with E-state index in [4.69, 9.17) is 9.26 Å². The van der Waals surface area contributed by atoms with Crippen LogP contribution in [0.25, 0.3) is 11.3 Å². The Balaban J connectivity index is 2.45. The number of halogens is 1. The van der Waals surface area contributed by atoms with Gasteiger partial charge in [-0.25, -0.2) is 9.18 Å². The molecule has 1 heterocycles. The average Bonchev–Trinajstić information content (AvgIpc) is 2.72. The molecule has 0 radical (unpaired) electrons. The number of aryl methyl sites for hydroxylation is 1. The molecule has 2 aromatic rings. The van der Waals surface area contributed by atoms with Crippen molar-refractivity contribution in [1.82, 2.24) is 5.16 Å². The number of hydrogen-bond acceptors (Lipinski definition) is 4. The lowest BCUT2D eigenvalue weighted by atomic mass is 10.1. The van der Waals surface area contributed by atoms with Gasteiger partial charge in [-0.3, -0.25) is 0 Å². The molecule has 0 saturated carbocycles. The van der Waals surface area contributed by atoms with E-state index in [0.717, 1.165) is 0 Å². The first-order valence-electron chi connectivity index (χ1n) is 5.52. The summed E-state index contributed by atoms with van der Waals surface area (Å²) in [5.74, 6) is -0.547. The lowest BCUT2D eigenvalue weighted by Crippen LogP contribution is -2.06. The third-order valence-electron chi connectivity index (χ3n) is 2.45. The van der Waals surface area contributed by atoms with Crippen LogP contribution in [0.5, 0.6) is 0 Å². The zero-order chi connectivity index (χ0) is 13.1. The molecular formula is C13H12FNO3. The number of nitrogens with zero attached hydrogens (tertiary/aromatic N) is 1. The Morgan fingerprint density at radius 2 is 2.06 bits per heavy atom. The highest BCUT2D eigenvalue weighted by molar-refractivity contribution is 5.96. The summed E-state index contributed by atoms with van der Waals surface area (Å²) in [5, 5.41) is 3.75. The molecule has 4 nitrogen and oxygen atoms in total. The molecule has 0 amide bonds. The summed E-state index contributed by atoms with van der Waals surface area (Å²) in [7, 11) is 0. The second-order valence-electron chi connectivity index (χ2n) is 3.70. The molecule has 0 aliphatic rings. The lowest BCUT2D eigenvalue weighted by molar-refractivity contribution is 0.0526. The standard InChI is InChI=1S/C13H12FNO3/c1-3-17-13(16)11-8(2)15-18-12(11)9-4-6-10(14)7-5-9/h4-7H,3H2,1-2H3. The fourth-order valence-corrected chi connectivity index (χ4v) is 1.61. The first-order chi connectivity index (χ1) is 8.63. The van der Waals surface area contributed by atoms with Crippen LogP contribution in [0.4, 0.5) is 4.39 Å². The quantitative estimate of drug-likeness (QED) is 0.785. The van der Waals surface area contributed by atoms with Crippen molar-refractivity contribution >= 4 is 5.97 Å². The molecule has 1 aromatic carbocycles. The number of carbonyl (C=O) groups excluding carboxylic acids is 1. The van der Waals surface area contributed by atoms with Gasteiger partial charge >= 0.3 is 5.97 Å². The van der Waals surface area contributed by atoms with Gasteiger partial charge < -0.3 is 9.26 Å². The highest BCUT2D eigenvalue weighted by Crippen LogP contribution is 2.26. The van der Waals surface area contributed by atoms with E-state index in [9.17, 15) is 9.18 Å². The van der Waals surface area contributed by atoms with Gasteiger partial charge in [-0.15, -0.1) is 0 Å². The molecule has 0 saturated heterocycles. The van der Waals surface area contributed by atoms with Crippen LogP contribution < -0.4 is 0 Å². The van der Waals surface area contributed by atoms with Crippen LogP contribution in [0.2, 0.25) is 0 Å². The molecule has 0 aliphatic carbocycles. The van der Waals surface area contributed by atoms with E-state index in [0.29, 0.717) is 17.0 Å². The van der Waals surface area contributed by atoms with Crippen LogP contribution in [-0.4, -0.2) is 17.7 Å². The van der Waals surface area contributed by atoms with Gasteiger partial charge in [-0.05, 0) is 38.1 Å². The van der Waals surface area contributed by atoms with Gasteiger partial charge in [-0.2, -0.15) is 0 Å². The Hall–Kier alpha value is -2.17. The molecule has 2 rings (SSSR count). The fraction of sp³-hybridized carbons (Fsp3) is 0.231. The van der Waals surface area contributed by atoms with Crippen molar-refractivity contribution in [3.63, 3.8) is 0 Å². The van der Waals surface area contributed by atoms with Crippen LogP contribution >= 0.6 is 0 Å². The molecular weight excluding hydrogens is 237 g/mol. The van der Waals surface area contributed by atoms with E-state index in [1.165, 1.54) is 24.3 Å². The number of rotatable bonds is 3. The van der Waals surface area contributed by atoms with Gasteiger partial charge in [0.15, 0.2) is 5.76 Å². The monoisotopic (exact) mass is 249 g/mol. The van der Waals surface area contributed by atoms with E-state index < -0.39 is 5.97 Å². The summed E-state index contributed by atoms with van der Waals surface area (Å²) >= 11 is 0. The predicted molar refractivity (Wildman–Crippen MR) is 62.6 cm³/mol. The predicted octanol–water partition coefficient (Wildman–Crippen LogP) is 2.97. The van der Waals surface area contributed by atoms with E-state index in [1.807, 2.05) is 0 Å². The van der Waals surface area contributed by atoms with Crippen molar-refractivity contribution in [3.05, 3.63) is 41.3 Å². The Labute approximate surface area is 103 Å². The van der Waals surface area contributed by atoms with E-state index in [-0.39, 0.29) is 18.0 Å². The van der Waals surface area contributed by atoms with Crippen molar-refractivity contribution in [2.24, 2.45) is 0 Å². The van der Waals surface area contributed by atoms with Crippen molar-refractivity contribution in [2.75, 3.05) is 6.61 Å². The Bertz CT molecular complexity index is 560. The largest absolute Gasteiger partial charge is 0.462 e. The molecule has 5 heteroatoms. The Kier molecular flexibility index (Phi) is 3.41. The summed E-state index contributed by atoms with van der Waals surface area (Å²) < 4.78 is 22.9. The number of ether oxygens (including phenoxy) is 1. The second kappa shape index (κ2) is 5.00. The topological polar surface area (TPSA) is 52.3 Å². The summed E-state index contributed by atoms with van der Waals surface area (Å²) in [6.07, 6.45) is 0. The van der Waals surface area contributed by atoms with Crippen LogP contribution in [0.3, 0.4) is 0 Å². The molecule has 0 bridgehead atoms. The third kappa shape index (κ3) is 2.25. The molecule has 1 aromatic heterocycles. The van der Waals surface area contributed by atoms with Gasteiger partial charge in [0.1, 0.15) is 11.4 Å². The molecule has 0 unspecified atom stereocenters. The molecule has 0 aliphatic heterocycles. The van der Waals surface area contributed by atoms with Crippen molar-refractivity contribution in [3.8, 4) is 11.3 Å². The van der Waals surface area contributed by atoms with Crippen LogP contribution in [-0.2, 0) is 4.74 Å². The second-order valence-corrected chi connectivity index (χ2v) is 3.70. The highest BCUT2D eigenvalue weighted by atomic mass is 19.1. The van der Waals surface area contributed by atoms with Gasteiger partial charge in [0.05, 0.1) is 12.3 Å². The molecule has 0 fully saturated rings. The summed E-state index contributed by atoms with van der Waals surface area (Å²) in [4.78, 5) is 11.8. The lowest BCUT2D eigenvalue weighted by Gasteiger charge is -2.02. The minimum absolute atomic E-state index is 0.270. The number of hydrogen-bond donors (Lipinski definition) is 0. The summed E-state index contributed by atoms with van der Waals surface area (Å²) in [5.41, 5.74) is 1.32. The molecule has 0 atom stereocenters. The molecule has 0 spiro atoms. The minimum atomic E-state index is -0.490. The first kappa shape index (κ1) is 12.3. The fourth-order valence-electron chi connectivity index (χ4n) is 1.61. The van der Waals surface area contributed by atoms with Crippen molar-refractivity contribution < 1.29 is 18.4 Å². The first-order valence-corrected chi connectivity index (χ1v) is 5.52. The SMILES string of the molecule is CCOC(=O)c1c(C)noc1-c1ccc(F)cc1. The average molecular weight is 249 g/mol.